The van der Waals surface area contributed by atoms with Crippen LogP contribution < -0.4 is 0 Å². The SMILES string of the molecule is CCOC(=O)C(CO)C1CN(C(=O)OC(C)(C)C)C1. The topological polar surface area (TPSA) is 76.1 Å². The van der Waals surface area contributed by atoms with E-state index in [0.29, 0.717) is 13.1 Å². The third-order valence-corrected chi connectivity index (χ3v) is 2.92. The minimum atomic E-state index is -0.557. The van der Waals surface area contributed by atoms with Crippen molar-refractivity contribution in [1.29, 1.82) is 0 Å². The molecule has 1 rings (SSSR count). The molecule has 1 amide bonds. The fraction of sp³-hybridized carbons (Fsp3) is 0.846. The molecule has 6 nitrogen and oxygen atoms in total. The molecule has 0 saturated carbocycles. The molecular weight excluding hydrogens is 250 g/mol. The van der Waals surface area contributed by atoms with Gasteiger partial charge < -0.3 is 19.5 Å². The van der Waals surface area contributed by atoms with E-state index >= 15 is 0 Å². The molecule has 6 heteroatoms. The van der Waals surface area contributed by atoms with Gasteiger partial charge in [-0.3, -0.25) is 4.79 Å². The third kappa shape index (κ3) is 4.38. The van der Waals surface area contributed by atoms with Gasteiger partial charge in [-0.1, -0.05) is 0 Å². The molecule has 0 bridgehead atoms. The quantitative estimate of drug-likeness (QED) is 0.774. The third-order valence-electron chi connectivity index (χ3n) is 2.92. The molecule has 19 heavy (non-hydrogen) atoms. The highest BCUT2D eigenvalue weighted by Crippen LogP contribution is 2.26. The largest absolute Gasteiger partial charge is 0.466 e. The Morgan fingerprint density at radius 1 is 1.37 bits per heavy atom. The van der Waals surface area contributed by atoms with E-state index in [1.165, 1.54) is 4.90 Å². The zero-order valence-electron chi connectivity index (χ0n) is 12.0. The maximum absolute atomic E-state index is 11.7. The van der Waals surface area contributed by atoms with Gasteiger partial charge in [-0.25, -0.2) is 4.79 Å². The van der Waals surface area contributed by atoms with E-state index in [1.54, 1.807) is 27.7 Å². The summed E-state index contributed by atoms with van der Waals surface area (Å²) in [4.78, 5) is 24.8. The van der Waals surface area contributed by atoms with E-state index in [2.05, 4.69) is 0 Å². The van der Waals surface area contributed by atoms with Gasteiger partial charge in [0.15, 0.2) is 0 Å². The maximum atomic E-state index is 11.7. The molecule has 0 aromatic rings. The number of aliphatic hydroxyl groups is 1. The molecule has 1 fully saturated rings. The van der Waals surface area contributed by atoms with Gasteiger partial charge in [0, 0.05) is 19.0 Å². The molecule has 1 atom stereocenters. The Kier molecular flexibility index (Phi) is 5.17. The fourth-order valence-electron chi connectivity index (χ4n) is 1.91. The van der Waals surface area contributed by atoms with Gasteiger partial charge in [0.1, 0.15) is 5.60 Å². The van der Waals surface area contributed by atoms with Gasteiger partial charge >= 0.3 is 12.1 Å². The van der Waals surface area contributed by atoms with E-state index in [4.69, 9.17) is 9.47 Å². The number of amides is 1. The van der Waals surface area contributed by atoms with Crippen molar-refractivity contribution < 1.29 is 24.2 Å². The van der Waals surface area contributed by atoms with E-state index in [1.807, 2.05) is 0 Å². The summed E-state index contributed by atoms with van der Waals surface area (Å²) in [7, 11) is 0. The van der Waals surface area contributed by atoms with Crippen LogP contribution in [-0.2, 0) is 14.3 Å². The van der Waals surface area contributed by atoms with Crippen molar-refractivity contribution in [2.45, 2.75) is 33.3 Å². The van der Waals surface area contributed by atoms with Crippen LogP contribution in [0.5, 0.6) is 0 Å². The molecule has 0 aliphatic carbocycles. The highest BCUT2D eigenvalue weighted by molar-refractivity contribution is 5.74. The molecule has 1 aliphatic heterocycles. The van der Waals surface area contributed by atoms with E-state index < -0.39 is 17.5 Å². The number of aliphatic hydroxyl groups excluding tert-OH is 1. The molecule has 0 spiro atoms. The number of carbonyl (C=O) groups excluding carboxylic acids is 2. The Labute approximate surface area is 113 Å². The van der Waals surface area contributed by atoms with Gasteiger partial charge in [0.25, 0.3) is 0 Å². The number of hydrogen-bond donors (Lipinski definition) is 1. The van der Waals surface area contributed by atoms with Gasteiger partial charge in [-0.05, 0) is 27.7 Å². The minimum Gasteiger partial charge on any atom is -0.466 e. The summed E-state index contributed by atoms with van der Waals surface area (Å²) < 4.78 is 10.1. The number of carbonyl (C=O) groups is 2. The first-order chi connectivity index (χ1) is 8.78. The normalized spacial score (nSPS) is 17.6. The van der Waals surface area contributed by atoms with Gasteiger partial charge in [-0.2, -0.15) is 0 Å². The number of nitrogens with zero attached hydrogens (tertiary/aromatic N) is 1. The molecule has 1 saturated heterocycles. The second-order valence-corrected chi connectivity index (χ2v) is 5.69. The molecule has 0 aromatic heterocycles. The molecular formula is C13H23NO5. The number of likely N-dealkylation sites (tertiary alicyclic amines) is 1. The first-order valence-electron chi connectivity index (χ1n) is 6.54. The van der Waals surface area contributed by atoms with E-state index in [9.17, 15) is 14.7 Å². The van der Waals surface area contributed by atoms with Crippen molar-refractivity contribution in [3.63, 3.8) is 0 Å². The lowest BCUT2D eigenvalue weighted by atomic mass is 9.86. The van der Waals surface area contributed by atoms with Crippen LogP contribution in [0.15, 0.2) is 0 Å². The van der Waals surface area contributed by atoms with Crippen LogP contribution in [0, 0.1) is 11.8 Å². The minimum absolute atomic E-state index is 0.0587. The average molecular weight is 273 g/mol. The van der Waals surface area contributed by atoms with Crippen molar-refractivity contribution in [3.05, 3.63) is 0 Å². The summed E-state index contributed by atoms with van der Waals surface area (Å²) in [6.45, 7) is 7.99. The number of rotatable bonds is 4. The van der Waals surface area contributed by atoms with Crippen molar-refractivity contribution in [3.8, 4) is 0 Å². The predicted molar refractivity (Wildman–Crippen MR) is 68.5 cm³/mol. The molecule has 1 aliphatic rings. The Morgan fingerprint density at radius 3 is 2.37 bits per heavy atom. The van der Waals surface area contributed by atoms with Crippen molar-refractivity contribution >= 4 is 12.1 Å². The van der Waals surface area contributed by atoms with Crippen LogP contribution in [0.4, 0.5) is 4.79 Å². The first kappa shape index (κ1) is 15.8. The van der Waals surface area contributed by atoms with Gasteiger partial charge in [0.2, 0.25) is 0 Å². The lowest BCUT2D eigenvalue weighted by molar-refractivity contribution is -0.154. The summed E-state index contributed by atoms with van der Waals surface area (Å²) in [5, 5.41) is 9.23. The van der Waals surface area contributed by atoms with Crippen LogP contribution >= 0.6 is 0 Å². The Morgan fingerprint density at radius 2 is 1.95 bits per heavy atom. The summed E-state index contributed by atoms with van der Waals surface area (Å²) in [6.07, 6.45) is -0.385. The monoisotopic (exact) mass is 273 g/mol. The van der Waals surface area contributed by atoms with Crippen LogP contribution in [0.1, 0.15) is 27.7 Å². The summed E-state index contributed by atoms with van der Waals surface area (Å²) >= 11 is 0. The second-order valence-electron chi connectivity index (χ2n) is 5.69. The predicted octanol–water partition coefficient (Wildman–Crippen LogP) is 1.02. The van der Waals surface area contributed by atoms with Gasteiger partial charge in [-0.15, -0.1) is 0 Å². The molecule has 1 heterocycles. The summed E-state index contributed by atoms with van der Waals surface area (Å²) in [6, 6.07) is 0. The average Bonchev–Trinajstić information content (AvgIpc) is 2.19. The van der Waals surface area contributed by atoms with Crippen molar-refractivity contribution in [2.75, 3.05) is 26.3 Å². The smallest absolute Gasteiger partial charge is 0.410 e. The van der Waals surface area contributed by atoms with Gasteiger partial charge in [0.05, 0.1) is 19.1 Å². The Hall–Kier alpha value is -1.30. The molecule has 1 N–H and O–H groups in total. The highest BCUT2D eigenvalue weighted by atomic mass is 16.6. The second kappa shape index (κ2) is 6.23. The van der Waals surface area contributed by atoms with Crippen LogP contribution in [0.25, 0.3) is 0 Å². The van der Waals surface area contributed by atoms with Crippen LogP contribution in [-0.4, -0.2) is 54.0 Å². The number of esters is 1. The zero-order chi connectivity index (χ0) is 14.6. The van der Waals surface area contributed by atoms with Crippen LogP contribution in [0.2, 0.25) is 0 Å². The first-order valence-corrected chi connectivity index (χ1v) is 6.54. The highest BCUT2D eigenvalue weighted by Gasteiger charge is 2.41. The van der Waals surface area contributed by atoms with Crippen molar-refractivity contribution in [2.24, 2.45) is 11.8 Å². The summed E-state index contributed by atoms with van der Waals surface area (Å²) in [5.41, 5.74) is -0.528. The molecule has 110 valence electrons. The van der Waals surface area contributed by atoms with Crippen LogP contribution in [0.3, 0.4) is 0 Å². The number of hydrogen-bond acceptors (Lipinski definition) is 5. The fourth-order valence-corrected chi connectivity index (χ4v) is 1.91. The standard InChI is InChI=1S/C13H23NO5/c1-5-18-11(16)10(8-15)9-6-14(7-9)12(17)19-13(2,3)4/h9-10,15H,5-8H2,1-4H3. The van der Waals surface area contributed by atoms with Crippen molar-refractivity contribution in [1.82, 2.24) is 4.90 Å². The summed E-state index contributed by atoms with van der Waals surface area (Å²) in [5.74, 6) is -1.02. The number of ether oxygens (including phenoxy) is 2. The Bertz CT molecular complexity index is 330. The molecule has 0 radical (unpaired) electrons. The lowest BCUT2D eigenvalue weighted by Gasteiger charge is -2.42. The molecule has 1 unspecified atom stereocenters. The van der Waals surface area contributed by atoms with E-state index in [-0.39, 0.29) is 25.2 Å². The lowest BCUT2D eigenvalue weighted by Crippen LogP contribution is -2.56. The Balaban J connectivity index is 2.43. The maximum Gasteiger partial charge on any atom is 0.410 e. The van der Waals surface area contributed by atoms with E-state index in [0.717, 1.165) is 0 Å². The molecule has 0 aromatic carbocycles. The zero-order valence-corrected chi connectivity index (χ0v) is 12.0.